The Balaban J connectivity index is 1.64. The minimum absolute atomic E-state index is 0.328. The summed E-state index contributed by atoms with van der Waals surface area (Å²) in [4.78, 5) is 17.6. The van der Waals surface area contributed by atoms with Gasteiger partial charge in [0.15, 0.2) is 5.58 Å². The number of hydrogen-bond acceptors (Lipinski definition) is 5. The lowest BCUT2D eigenvalue weighted by Gasteiger charge is -2.13. The monoisotopic (exact) mass is 416 g/mol. The molecule has 0 saturated carbocycles. The van der Waals surface area contributed by atoms with Crippen LogP contribution in [0.2, 0.25) is 0 Å². The van der Waals surface area contributed by atoms with Crippen LogP contribution in [-0.4, -0.2) is 25.1 Å². The van der Waals surface area contributed by atoms with E-state index < -0.39 is 0 Å². The molecule has 0 fully saturated rings. The van der Waals surface area contributed by atoms with Crippen molar-refractivity contribution in [1.82, 2.24) is 4.98 Å². The first kappa shape index (κ1) is 20.5. The Morgan fingerprint density at radius 3 is 2.35 bits per heavy atom. The third-order valence-corrected chi connectivity index (χ3v) is 5.10. The van der Waals surface area contributed by atoms with E-state index in [1.165, 1.54) is 19.8 Å². The van der Waals surface area contributed by atoms with Gasteiger partial charge in [-0.05, 0) is 53.9 Å². The van der Waals surface area contributed by atoms with Gasteiger partial charge in [-0.25, -0.2) is 4.98 Å². The van der Waals surface area contributed by atoms with Crippen LogP contribution in [0.1, 0.15) is 35.7 Å². The summed E-state index contributed by atoms with van der Waals surface area (Å²) in [5.41, 5.74) is 4.47. The standard InChI is InChI=1S/C25H24N2O4/c1-15(2)16-11-12-20-19(14-16)27-25(31-20)17-7-5-8-18(13-17)26-24(28)23-21(29-3)9-6-10-22(23)30-4/h5-15H,1-4H3,(H,26,28). The zero-order valence-corrected chi connectivity index (χ0v) is 17.9. The van der Waals surface area contributed by atoms with Gasteiger partial charge in [0.2, 0.25) is 5.89 Å². The van der Waals surface area contributed by atoms with Gasteiger partial charge in [-0.1, -0.05) is 32.0 Å². The van der Waals surface area contributed by atoms with E-state index in [9.17, 15) is 4.79 Å². The van der Waals surface area contributed by atoms with Crippen molar-refractivity contribution in [3.63, 3.8) is 0 Å². The third-order valence-electron chi connectivity index (χ3n) is 5.10. The number of anilines is 1. The Hall–Kier alpha value is -3.80. The molecule has 158 valence electrons. The number of aromatic nitrogens is 1. The fraction of sp³-hybridized carbons (Fsp3) is 0.200. The predicted molar refractivity (Wildman–Crippen MR) is 121 cm³/mol. The first-order valence-electron chi connectivity index (χ1n) is 10.0. The van der Waals surface area contributed by atoms with E-state index in [2.05, 4.69) is 30.2 Å². The number of rotatable bonds is 6. The average molecular weight is 416 g/mol. The van der Waals surface area contributed by atoms with Crippen molar-refractivity contribution >= 4 is 22.7 Å². The molecule has 31 heavy (non-hydrogen) atoms. The van der Waals surface area contributed by atoms with Gasteiger partial charge in [-0.3, -0.25) is 4.79 Å². The predicted octanol–water partition coefficient (Wildman–Crippen LogP) is 5.89. The van der Waals surface area contributed by atoms with Crippen LogP contribution in [0.4, 0.5) is 5.69 Å². The molecule has 1 heterocycles. The maximum absolute atomic E-state index is 13.0. The Morgan fingerprint density at radius 1 is 0.968 bits per heavy atom. The molecule has 0 unspecified atom stereocenters. The van der Waals surface area contributed by atoms with E-state index in [4.69, 9.17) is 13.9 Å². The molecule has 0 aliphatic rings. The fourth-order valence-corrected chi connectivity index (χ4v) is 3.43. The molecule has 6 nitrogen and oxygen atoms in total. The molecule has 1 N–H and O–H groups in total. The lowest BCUT2D eigenvalue weighted by Crippen LogP contribution is -2.14. The molecular weight excluding hydrogens is 392 g/mol. The summed E-state index contributed by atoms with van der Waals surface area (Å²) in [6.45, 7) is 4.29. The molecule has 0 bridgehead atoms. The zero-order valence-electron chi connectivity index (χ0n) is 17.9. The van der Waals surface area contributed by atoms with Crippen molar-refractivity contribution in [1.29, 1.82) is 0 Å². The number of nitrogens with one attached hydrogen (secondary N) is 1. The highest BCUT2D eigenvalue weighted by molar-refractivity contribution is 6.08. The molecule has 4 aromatic rings. The third kappa shape index (κ3) is 4.10. The largest absolute Gasteiger partial charge is 0.496 e. The van der Waals surface area contributed by atoms with Crippen molar-refractivity contribution in [2.75, 3.05) is 19.5 Å². The van der Waals surface area contributed by atoms with Gasteiger partial charge < -0.3 is 19.2 Å². The minimum Gasteiger partial charge on any atom is -0.496 e. The maximum atomic E-state index is 13.0. The quantitative estimate of drug-likeness (QED) is 0.424. The number of ether oxygens (including phenoxy) is 2. The number of nitrogens with zero attached hydrogens (tertiary/aromatic N) is 1. The summed E-state index contributed by atoms with van der Waals surface area (Å²) in [6, 6.07) is 18.6. The normalized spacial score (nSPS) is 11.0. The number of carbonyl (C=O) groups is 1. The Labute approximate surface area is 180 Å². The second-order valence-corrected chi connectivity index (χ2v) is 7.47. The van der Waals surface area contributed by atoms with E-state index in [1.807, 2.05) is 36.4 Å². The minimum atomic E-state index is -0.328. The highest BCUT2D eigenvalue weighted by atomic mass is 16.5. The van der Waals surface area contributed by atoms with Crippen LogP contribution in [0.15, 0.2) is 65.1 Å². The van der Waals surface area contributed by atoms with Crippen LogP contribution in [0.5, 0.6) is 11.5 Å². The first-order chi connectivity index (χ1) is 15.0. The van der Waals surface area contributed by atoms with Gasteiger partial charge in [0, 0.05) is 11.3 Å². The van der Waals surface area contributed by atoms with E-state index in [1.54, 1.807) is 18.2 Å². The van der Waals surface area contributed by atoms with Crippen LogP contribution in [0.25, 0.3) is 22.6 Å². The van der Waals surface area contributed by atoms with Gasteiger partial charge in [0.1, 0.15) is 22.6 Å². The van der Waals surface area contributed by atoms with Gasteiger partial charge in [0.05, 0.1) is 14.2 Å². The zero-order chi connectivity index (χ0) is 22.0. The number of oxazole rings is 1. The lowest BCUT2D eigenvalue weighted by atomic mass is 10.0. The van der Waals surface area contributed by atoms with Crippen molar-refractivity contribution < 1.29 is 18.7 Å². The summed E-state index contributed by atoms with van der Waals surface area (Å²) in [5.74, 6) is 1.46. The number of methoxy groups -OCH3 is 2. The van der Waals surface area contributed by atoms with Gasteiger partial charge in [-0.15, -0.1) is 0 Å². The summed E-state index contributed by atoms with van der Waals surface area (Å²) in [7, 11) is 3.04. The Kier molecular flexibility index (Phi) is 5.62. The molecule has 3 aromatic carbocycles. The molecule has 1 amide bonds. The van der Waals surface area contributed by atoms with E-state index in [0.717, 1.165) is 16.7 Å². The molecule has 0 atom stereocenters. The number of amides is 1. The first-order valence-corrected chi connectivity index (χ1v) is 10.0. The highest BCUT2D eigenvalue weighted by Crippen LogP contribution is 2.31. The van der Waals surface area contributed by atoms with Crippen LogP contribution >= 0.6 is 0 Å². The summed E-state index contributed by atoms with van der Waals surface area (Å²) in [6.07, 6.45) is 0. The van der Waals surface area contributed by atoms with E-state index in [-0.39, 0.29) is 5.91 Å². The topological polar surface area (TPSA) is 73.6 Å². The lowest BCUT2D eigenvalue weighted by molar-refractivity contribution is 0.102. The Morgan fingerprint density at radius 2 is 1.68 bits per heavy atom. The summed E-state index contributed by atoms with van der Waals surface area (Å²) in [5, 5.41) is 2.91. The molecule has 6 heteroatoms. The van der Waals surface area contributed by atoms with Crippen molar-refractivity contribution in [3.05, 3.63) is 71.8 Å². The van der Waals surface area contributed by atoms with Crippen molar-refractivity contribution in [3.8, 4) is 23.0 Å². The van der Waals surface area contributed by atoms with Gasteiger partial charge in [0.25, 0.3) is 5.91 Å². The summed E-state index contributed by atoms with van der Waals surface area (Å²) >= 11 is 0. The average Bonchev–Trinajstić information content (AvgIpc) is 3.22. The van der Waals surface area contributed by atoms with Crippen LogP contribution in [0.3, 0.4) is 0 Å². The number of benzene rings is 3. The van der Waals surface area contributed by atoms with Gasteiger partial charge in [-0.2, -0.15) is 0 Å². The van der Waals surface area contributed by atoms with Crippen LogP contribution in [0, 0.1) is 0 Å². The second-order valence-electron chi connectivity index (χ2n) is 7.47. The number of fused-ring (bicyclic) bond motifs is 1. The molecule has 0 saturated heterocycles. The second kappa shape index (κ2) is 8.52. The smallest absolute Gasteiger partial charge is 0.263 e. The molecule has 1 aromatic heterocycles. The highest BCUT2D eigenvalue weighted by Gasteiger charge is 2.19. The van der Waals surface area contributed by atoms with Gasteiger partial charge >= 0.3 is 0 Å². The Bertz CT molecular complexity index is 1220. The maximum Gasteiger partial charge on any atom is 0.263 e. The van der Waals surface area contributed by atoms with Crippen LogP contribution < -0.4 is 14.8 Å². The molecule has 0 radical (unpaired) electrons. The SMILES string of the molecule is COc1cccc(OC)c1C(=O)Nc1cccc(-c2nc3cc(C(C)C)ccc3o2)c1. The molecule has 0 aliphatic heterocycles. The van der Waals surface area contributed by atoms with Crippen molar-refractivity contribution in [2.24, 2.45) is 0 Å². The molecule has 0 spiro atoms. The summed E-state index contributed by atoms with van der Waals surface area (Å²) < 4.78 is 16.6. The molecule has 4 rings (SSSR count). The number of hydrogen-bond donors (Lipinski definition) is 1. The molecular formula is C25H24N2O4. The number of carbonyl (C=O) groups excluding carboxylic acids is 1. The van der Waals surface area contributed by atoms with Crippen LogP contribution in [-0.2, 0) is 0 Å². The van der Waals surface area contributed by atoms with E-state index >= 15 is 0 Å². The fourth-order valence-electron chi connectivity index (χ4n) is 3.43. The molecule has 0 aliphatic carbocycles. The van der Waals surface area contributed by atoms with Crippen molar-refractivity contribution in [2.45, 2.75) is 19.8 Å². The van der Waals surface area contributed by atoms with E-state index in [0.29, 0.717) is 34.6 Å².